The molecular formula is C11H19NO3. The van der Waals surface area contributed by atoms with Gasteiger partial charge in [-0.3, -0.25) is 4.90 Å². The number of rotatable bonds is 3. The topological polar surface area (TPSA) is 49.8 Å². The minimum absolute atomic E-state index is 0.228. The Morgan fingerprint density at radius 3 is 2.47 bits per heavy atom. The van der Waals surface area contributed by atoms with Crippen LogP contribution in [0.3, 0.4) is 0 Å². The first-order chi connectivity index (χ1) is 6.97. The molecule has 0 aromatic rings. The zero-order valence-corrected chi connectivity index (χ0v) is 9.56. The number of carbonyl (C=O) groups is 1. The van der Waals surface area contributed by atoms with Crippen molar-refractivity contribution in [3.63, 3.8) is 0 Å². The quantitative estimate of drug-likeness (QED) is 0.714. The highest BCUT2D eigenvalue weighted by Crippen LogP contribution is 2.11. The summed E-state index contributed by atoms with van der Waals surface area (Å²) in [5.74, 6) is -0.873. The summed E-state index contributed by atoms with van der Waals surface area (Å²) in [6, 6.07) is 0. The standard InChI is InChI=1S/C11H19NO3/c1-8(4-11(13)14)5-12-6-9(2)15-10(3)7-12/h4,9-10H,5-7H2,1-3H3,(H,13,14). The average molecular weight is 213 g/mol. The Morgan fingerprint density at radius 2 is 2.00 bits per heavy atom. The van der Waals surface area contributed by atoms with Gasteiger partial charge in [0.2, 0.25) is 0 Å². The molecule has 4 nitrogen and oxygen atoms in total. The number of aliphatic carboxylic acids is 1. The summed E-state index contributed by atoms with van der Waals surface area (Å²) in [7, 11) is 0. The molecule has 86 valence electrons. The second-order valence-corrected chi connectivity index (χ2v) is 4.28. The smallest absolute Gasteiger partial charge is 0.328 e. The second-order valence-electron chi connectivity index (χ2n) is 4.28. The summed E-state index contributed by atoms with van der Waals surface area (Å²) >= 11 is 0. The van der Waals surface area contributed by atoms with Gasteiger partial charge in [-0.1, -0.05) is 5.57 Å². The summed E-state index contributed by atoms with van der Waals surface area (Å²) in [6.45, 7) is 8.38. The van der Waals surface area contributed by atoms with E-state index in [2.05, 4.69) is 4.90 Å². The summed E-state index contributed by atoms with van der Waals surface area (Å²) in [5, 5.41) is 8.60. The van der Waals surface area contributed by atoms with Gasteiger partial charge >= 0.3 is 5.97 Å². The van der Waals surface area contributed by atoms with E-state index >= 15 is 0 Å². The van der Waals surface area contributed by atoms with Crippen LogP contribution >= 0.6 is 0 Å². The third-order valence-electron chi connectivity index (χ3n) is 2.34. The molecule has 15 heavy (non-hydrogen) atoms. The summed E-state index contributed by atoms with van der Waals surface area (Å²) in [5.41, 5.74) is 0.879. The first-order valence-electron chi connectivity index (χ1n) is 5.25. The van der Waals surface area contributed by atoms with E-state index in [1.807, 2.05) is 20.8 Å². The fourth-order valence-electron chi connectivity index (χ4n) is 2.02. The van der Waals surface area contributed by atoms with Gasteiger partial charge in [0.25, 0.3) is 0 Å². The van der Waals surface area contributed by atoms with Crippen LogP contribution in [-0.2, 0) is 9.53 Å². The van der Waals surface area contributed by atoms with Crippen LogP contribution in [0.1, 0.15) is 20.8 Å². The lowest BCUT2D eigenvalue weighted by Gasteiger charge is -2.35. The van der Waals surface area contributed by atoms with E-state index in [1.54, 1.807) is 0 Å². The summed E-state index contributed by atoms with van der Waals surface area (Å²) in [4.78, 5) is 12.7. The van der Waals surface area contributed by atoms with Gasteiger partial charge in [-0.25, -0.2) is 4.79 Å². The molecule has 1 N–H and O–H groups in total. The Kier molecular flexibility index (Phi) is 4.29. The molecule has 1 heterocycles. The summed E-state index contributed by atoms with van der Waals surface area (Å²) < 4.78 is 5.60. The van der Waals surface area contributed by atoms with Gasteiger partial charge in [-0.15, -0.1) is 0 Å². The normalized spacial score (nSPS) is 29.1. The molecule has 0 aliphatic carbocycles. The van der Waals surface area contributed by atoms with Crippen LogP contribution in [0.5, 0.6) is 0 Å². The second kappa shape index (κ2) is 5.28. The molecule has 1 aliphatic heterocycles. The summed E-state index contributed by atoms with van der Waals surface area (Å²) in [6.07, 6.45) is 1.72. The molecule has 0 aromatic heterocycles. The number of morpholine rings is 1. The van der Waals surface area contributed by atoms with Gasteiger partial charge in [0.1, 0.15) is 0 Å². The van der Waals surface area contributed by atoms with Crippen molar-refractivity contribution in [1.82, 2.24) is 4.90 Å². The predicted molar refractivity (Wildman–Crippen MR) is 57.8 cm³/mol. The largest absolute Gasteiger partial charge is 0.478 e. The molecule has 0 radical (unpaired) electrons. The number of carboxylic acids is 1. The molecular weight excluding hydrogens is 194 g/mol. The Hall–Kier alpha value is -0.870. The fraction of sp³-hybridized carbons (Fsp3) is 0.727. The number of ether oxygens (including phenoxy) is 1. The van der Waals surface area contributed by atoms with Crippen LogP contribution in [-0.4, -0.2) is 47.8 Å². The Balaban J connectivity index is 2.47. The highest BCUT2D eigenvalue weighted by molar-refractivity contribution is 5.80. The molecule has 1 saturated heterocycles. The van der Waals surface area contributed by atoms with Crippen molar-refractivity contribution in [3.8, 4) is 0 Å². The minimum atomic E-state index is -0.873. The molecule has 1 aliphatic rings. The highest BCUT2D eigenvalue weighted by Gasteiger charge is 2.21. The van der Waals surface area contributed by atoms with Gasteiger partial charge in [0.05, 0.1) is 12.2 Å². The third kappa shape index (κ3) is 4.44. The van der Waals surface area contributed by atoms with Crippen molar-refractivity contribution in [1.29, 1.82) is 0 Å². The van der Waals surface area contributed by atoms with Gasteiger partial charge < -0.3 is 9.84 Å². The molecule has 4 heteroatoms. The van der Waals surface area contributed by atoms with Crippen LogP contribution in [0, 0.1) is 0 Å². The van der Waals surface area contributed by atoms with E-state index in [-0.39, 0.29) is 12.2 Å². The van der Waals surface area contributed by atoms with E-state index in [0.717, 1.165) is 18.7 Å². The first kappa shape index (κ1) is 12.2. The first-order valence-corrected chi connectivity index (χ1v) is 5.25. The van der Waals surface area contributed by atoms with Crippen molar-refractivity contribution in [2.24, 2.45) is 0 Å². The number of carboxylic acid groups (broad SMARTS) is 1. The van der Waals surface area contributed by atoms with E-state index < -0.39 is 5.97 Å². The maximum absolute atomic E-state index is 10.5. The highest BCUT2D eigenvalue weighted by atomic mass is 16.5. The molecule has 2 atom stereocenters. The van der Waals surface area contributed by atoms with Crippen LogP contribution < -0.4 is 0 Å². The molecule has 0 saturated carbocycles. The third-order valence-corrected chi connectivity index (χ3v) is 2.34. The molecule has 0 amide bonds. The van der Waals surface area contributed by atoms with Crippen LogP contribution in [0.4, 0.5) is 0 Å². The lowest BCUT2D eigenvalue weighted by molar-refractivity contribution is -0.131. The van der Waals surface area contributed by atoms with E-state index in [4.69, 9.17) is 9.84 Å². The molecule has 0 aromatic carbocycles. The van der Waals surface area contributed by atoms with E-state index in [0.29, 0.717) is 6.54 Å². The van der Waals surface area contributed by atoms with Crippen molar-refractivity contribution in [2.75, 3.05) is 19.6 Å². The number of hydrogen-bond donors (Lipinski definition) is 1. The Morgan fingerprint density at radius 1 is 1.47 bits per heavy atom. The van der Waals surface area contributed by atoms with Gasteiger partial charge in [0, 0.05) is 25.7 Å². The SMILES string of the molecule is CC(=CC(=O)O)CN1CC(C)OC(C)C1. The van der Waals surface area contributed by atoms with Crippen LogP contribution in [0.2, 0.25) is 0 Å². The molecule has 0 bridgehead atoms. The zero-order valence-electron chi connectivity index (χ0n) is 9.56. The van der Waals surface area contributed by atoms with Crippen LogP contribution in [0.25, 0.3) is 0 Å². The lowest BCUT2D eigenvalue weighted by atomic mass is 10.2. The number of nitrogens with zero attached hydrogens (tertiary/aromatic N) is 1. The van der Waals surface area contributed by atoms with E-state index in [9.17, 15) is 4.79 Å². The molecule has 1 rings (SSSR count). The van der Waals surface area contributed by atoms with E-state index in [1.165, 1.54) is 6.08 Å². The van der Waals surface area contributed by atoms with Gasteiger partial charge in [0.15, 0.2) is 0 Å². The van der Waals surface area contributed by atoms with Crippen molar-refractivity contribution in [2.45, 2.75) is 33.0 Å². The maximum atomic E-state index is 10.5. The monoisotopic (exact) mass is 213 g/mol. The fourth-order valence-corrected chi connectivity index (χ4v) is 2.02. The van der Waals surface area contributed by atoms with Crippen molar-refractivity contribution < 1.29 is 14.6 Å². The Labute approximate surface area is 90.5 Å². The van der Waals surface area contributed by atoms with Gasteiger partial charge in [-0.05, 0) is 20.8 Å². The van der Waals surface area contributed by atoms with Crippen LogP contribution in [0.15, 0.2) is 11.6 Å². The maximum Gasteiger partial charge on any atom is 0.328 e. The Bertz CT molecular complexity index is 253. The number of hydrogen-bond acceptors (Lipinski definition) is 3. The van der Waals surface area contributed by atoms with Crippen molar-refractivity contribution >= 4 is 5.97 Å². The predicted octanol–water partition coefficient (Wildman–Crippen LogP) is 1.13. The van der Waals surface area contributed by atoms with Crippen molar-refractivity contribution in [3.05, 3.63) is 11.6 Å². The zero-order chi connectivity index (χ0) is 11.4. The molecule has 2 unspecified atom stereocenters. The lowest BCUT2D eigenvalue weighted by Crippen LogP contribution is -2.45. The minimum Gasteiger partial charge on any atom is -0.478 e. The molecule has 1 fully saturated rings. The average Bonchev–Trinajstić information content (AvgIpc) is 1.98. The molecule has 0 spiro atoms. The van der Waals surface area contributed by atoms with Gasteiger partial charge in [-0.2, -0.15) is 0 Å².